The molecule has 0 radical (unpaired) electrons. The van der Waals surface area contributed by atoms with Crippen LogP contribution in [0.25, 0.3) is 0 Å². The largest absolute Gasteiger partial charge is 0.384 e. The lowest BCUT2D eigenvalue weighted by Gasteiger charge is -2.02. The molecule has 1 N–H and O–H groups in total. The van der Waals surface area contributed by atoms with Gasteiger partial charge in [0.05, 0.1) is 0 Å². The molecule has 0 fully saturated rings. The second-order valence-corrected chi connectivity index (χ2v) is 2.93. The van der Waals surface area contributed by atoms with E-state index in [2.05, 4.69) is 5.32 Å². The Bertz CT molecular complexity index is 294. The molecule has 1 nitrogen and oxygen atoms in total. The molecule has 0 unspecified atom stereocenters. The van der Waals surface area contributed by atoms with Crippen molar-refractivity contribution >= 4 is 5.69 Å². The van der Waals surface area contributed by atoms with Crippen molar-refractivity contribution in [1.29, 1.82) is 0 Å². The van der Waals surface area contributed by atoms with Crippen molar-refractivity contribution in [2.75, 3.05) is 11.9 Å². The first-order chi connectivity index (χ1) is 5.27. The van der Waals surface area contributed by atoms with E-state index in [9.17, 15) is 4.39 Å². The number of rotatable bonds is 0. The first-order valence-corrected chi connectivity index (χ1v) is 3.80. The zero-order chi connectivity index (χ0) is 7.84. The van der Waals surface area contributed by atoms with Crippen LogP contribution in [0.2, 0.25) is 0 Å². The molecular weight excluding hydrogens is 141 g/mol. The van der Waals surface area contributed by atoms with Gasteiger partial charge in [-0.25, -0.2) is 4.39 Å². The number of nitrogens with one attached hydrogen (secondary N) is 1. The van der Waals surface area contributed by atoms with Crippen LogP contribution < -0.4 is 5.32 Å². The molecule has 0 bridgehead atoms. The fraction of sp³-hybridized carbons (Fsp3) is 0.333. The SMILES string of the molecule is Cc1cc(F)cc2c1CCN2. The lowest BCUT2D eigenvalue weighted by Crippen LogP contribution is -1.90. The Morgan fingerprint density at radius 3 is 3.09 bits per heavy atom. The van der Waals surface area contributed by atoms with Crippen LogP contribution in [-0.4, -0.2) is 6.54 Å². The normalized spacial score (nSPS) is 14.4. The van der Waals surface area contributed by atoms with E-state index in [1.807, 2.05) is 6.92 Å². The molecule has 0 atom stereocenters. The van der Waals surface area contributed by atoms with Crippen molar-refractivity contribution in [2.24, 2.45) is 0 Å². The minimum Gasteiger partial charge on any atom is -0.384 e. The number of aryl methyl sites for hydroxylation is 1. The topological polar surface area (TPSA) is 12.0 Å². The van der Waals surface area contributed by atoms with Crippen LogP contribution in [0.1, 0.15) is 11.1 Å². The Labute approximate surface area is 65.2 Å². The van der Waals surface area contributed by atoms with Crippen LogP contribution in [0.4, 0.5) is 10.1 Å². The van der Waals surface area contributed by atoms with E-state index < -0.39 is 0 Å². The molecule has 0 aliphatic carbocycles. The summed E-state index contributed by atoms with van der Waals surface area (Å²) in [4.78, 5) is 0. The van der Waals surface area contributed by atoms with Gasteiger partial charge in [0.2, 0.25) is 0 Å². The Morgan fingerprint density at radius 2 is 2.27 bits per heavy atom. The molecule has 58 valence electrons. The average Bonchev–Trinajstić information content (AvgIpc) is 2.34. The molecule has 0 saturated heterocycles. The zero-order valence-electron chi connectivity index (χ0n) is 6.45. The Morgan fingerprint density at radius 1 is 1.45 bits per heavy atom. The third kappa shape index (κ3) is 0.985. The van der Waals surface area contributed by atoms with Gasteiger partial charge in [-0.3, -0.25) is 0 Å². The van der Waals surface area contributed by atoms with E-state index in [4.69, 9.17) is 0 Å². The van der Waals surface area contributed by atoms with Gasteiger partial charge in [-0.05, 0) is 36.6 Å². The molecular formula is C9H10FN. The first-order valence-electron chi connectivity index (χ1n) is 3.80. The Hall–Kier alpha value is -1.05. The van der Waals surface area contributed by atoms with Crippen LogP contribution >= 0.6 is 0 Å². The second-order valence-electron chi connectivity index (χ2n) is 2.93. The van der Waals surface area contributed by atoms with Crippen molar-refractivity contribution in [3.8, 4) is 0 Å². The van der Waals surface area contributed by atoms with E-state index in [0.717, 1.165) is 24.2 Å². The summed E-state index contributed by atoms with van der Waals surface area (Å²) in [5.74, 6) is -0.143. The van der Waals surface area contributed by atoms with Gasteiger partial charge >= 0.3 is 0 Å². The first kappa shape index (κ1) is 6.65. The van der Waals surface area contributed by atoms with Crippen molar-refractivity contribution in [2.45, 2.75) is 13.3 Å². The maximum Gasteiger partial charge on any atom is 0.125 e. The molecule has 0 saturated carbocycles. The lowest BCUT2D eigenvalue weighted by atomic mass is 10.1. The van der Waals surface area contributed by atoms with E-state index in [-0.39, 0.29) is 5.82 Å². The van der Waals surface area contributed by atoms with Gasteiger partial charge in [0.15, 0.2) is 0 Å². The van der Waals surface area contributed by atoms with E-state index in [1.165, 1.54) is 5.56 Å². The molecule has 0 amide bonds. The predicted octanol–water partition coefficient (Wildman–Crippen LogP) is 2.10. The standard InChI is InChI=1S/C9H10FN/c1-6-4-7(10)5-9-8(6)2-3-11-9/h4-5,11H,2-3H2,1H3. The molecule has 1 aromatic rings. The number of hydrogen-bond donors (Lipinski definition) is 1. The predicted molar refractivity (Wildman–Crippen MR) is 43.3 cm³/mol. The number of anilines is 1. The highest BCUT2D eigenvalue weighted by molar-refractivity contribution is 5.58. The fourth-order valence-corrected chi connectivity index (χ4v) is 1.58. The zero-order valence-corrected chi connectivity index (χ0v) is 6.45. The lowest BCUT2D eigenvalue weighted by molar-refractivity contribution is 0.627. The maximum atomic E-state index is 12.8. The van der Waals surface area contributed by atoms with Gasteiger partial charge in [0.25, 0.3) is 0 Å². The van der Waals surface area contributed by atoms with E-state index >= 15 is 0 Å². The minimum atomic E-state index is -0.143. The Kier molecular flexibility index (Phi) is 1.34. The van der Waals surface area contributed by atoms with E-state index in [1.54, 1.807) is 12.1 Å². The third-order valence-corrected chi connectivity index (χ3v) is 2.13. The Balaban J connectivity index is 2.60. The molecule has 11 heavy (non-hydrogen) atoms. The van der Waals surface area contributed by atoms with Crippen LogP contribution in [0.5, 0.6) is 0 Å². The average molecular weight is 151 g/mol. The molecule has 2 heteroatoms. The monoisotopic (exact) mass is 151 g/mol. The molecule has 0 aromatic heterocycles. The smallest absolute Gasteiger partial charge is 0.125 e. The molecule has 0 spiro atoms. The third-order valence-electron chi connectivity index (χ3n) is 2.13. The number of fused-ring (bicyclic) bond motifs is 1. The number of halogens is 1. The van der Waals surface area contributed by atoms with Crippen molar-refractivity contribution < 1.29 is 4.39 Å². The second kappa shape index (κ2) is 2.22. The van der Waals surface area contributed by atoms with E-state index in [0.29, 0.717) is 0 Å². The quantitative estimate of drug-likeness (QED) is 0.598. The molecule has 1 aromatic carbocycles. The van der Waals surface area contributed by atoms with Crippen LogP contribution in [0, 0.1) is 12.7 Å². The van der Waals surface area contributed by atoms with Crippen molar-refractivity contribution in [1.82, 2.24) is 0 Å². The summed E-state index contributed by atoms with van der Waals surface area (Å²) in [5.41, 5.74) is 3.30. The molecule has 1 aliphatic rings. The summed E-state index contributed by atoms with van der Waals surface area (Å²) >= 11 is 0. The van der Waals surface area contributed by atoms with Crippen molar-refractivity contribution in [3.05, 3.63) is 29.1 Å². The summed E-state index contributed by atoms with van der Waals surface area (Å²) < 4.78 is 12.8. The molecule has 1 heterocycles. The molecule has 2 rings (SSSR count). The molecule has 1 aliphatic heterocycles. The summed E-state index contributed by atoms with van der Waals surface area (Å²) in [7, 11) is 0. The highest BCUT2D eigenvalue weighted by Crippen LogP contribution is 2.26. The van der Waals surface area contributed by atoms with Gasteiger partial charge in [0, 0.05) is 12.2 Å². The highest BCUT2D eigenvalue weighted by atomic mass is 19.1. The minimum absolute atomic E-state index is 0.143. The van der Waals surface area contributed by atoms with Gasteiger partial charge < -0.3 is 5.32 Å². The number of hydrogen-bond acceptors (Lipinski definition) is 1. The van der Waals surface area contributed by atoms with Gasteiger partial charge in [-0.2, -0.15) is 0 Å². The van der Waals surface area contributed by atoms with Crippen LogP contribution in [0.15, 0.2) is 12.1 Å². The van der Waals surface area contributed by atoms with Gasteiger partial charge in [-0.1, -0.05) is 0 Å². The number of benzene rings is 1. The fourth-order valence-electron chi connectivity index (χ4n) is 1.58. The van der Waals surface area contributed by atoms with Gasteiger partial charge in [-0.15, -0.1) is 0 Å². The summed E-state index contributed by atoms with van der Waals surface area (Å²) in [6.07, 6.45) is 1.03. The van der Waals surface area contributed by atoms with Crippen LogP contribution in [0.3, 0.4) is 0 Å². The maximum absolute atomic E-state index is 12.8. The van der Waals surface area contributed by atoms with Crippen molar-refractivity contribution in [3.63, 3.8) is 0 Å². The van der Waals surface area contributed by atoms with Gasteiger partial charge in [0.1, 0.15) is 5.82 Å². The summed E-state index contributed by atoms with van der Waals surface area (Å²) in [5, 5.41) is 3.14. The summed E-state index contributed by atoms with van der Waals surface area (Å²) in [6, 6.07) is 3.15. The van der Waals surface area contributed by atoms with Crippen LogP contribution in [-0.2, 0) is 6.42 Å². The summed E-state index contributed by atoms with van der Waals surface area (Å²) in [6.45, 7) is 2.90. The highest BCUT2D eigenvalue weighted by Gasteiger charge is 2.12.